The third-order valence-electron chi connectivity index (χ3n) is 1.11. The van der Waals surface area contributed by atoms with E-state index >= 15 is 0 Å². The molecule has 1 unspecified atom stereocenters. The van der Waals surface area contributed by atoms with Crippen LogP contribution in [-0.4, -0.2) is 29.6 Å². The molecule has 0 spiro atoms. The van der Waals surface area contributed by atoms with Gasteiger partial charge in [-0.3, -0.25) is 4.79 Å². The van der Waals surface area contributed by atoms with E-state index in [0.717, 1.165) is 0 Å². The van der Waals surface area contributed by atoms with E-state index in [-0.39, 0.29) is 12.8 Å². The van der Waals surface area contributed by atoms with Crippen molar-refractivity contribution in [2.45, 2.75) is 18.9 Å². The molecule has 0 radical (unpaired) electrons. The number of primary amides is 1. The highest BCUT2D eigenvalue weighted by Crippen LogP contribution is 1.92. The molecule has 6 N–H and O–H groups in total. The van der Waals surface area contributed by atoms with Gasteiger partial charge in [0.25, 0.3) is 0 Å². The maximum Gasteiger partial charge on any atom is 0.320 e. The van der Waals surface area contributed by atoms with Gasteiger partial charge in [0.2, 0.25) is 0 Å². The van der Waals surface area contributed by atoms with Gasteiger partial charge in [-0.25, -0.2) is 4.79 Å². The van der Waals surface area contributed by atoms with E-state index in [4.69, 9.17) is 19.3 Å². The molecule has 0 aromatic heterocycles. The number of carboxylic acids is 1. The molecule has 6 heteroatoms. The molecule has 0 heterocycles. The molecule has 2 amide bonds. The maximum absolute atomic E-state index is 10.3. The van der Waals surface area contributed by atoms with Crippen LogP contribution >= 0.6 is 0 Å². The molecule has 0 saturated carbocycles. The van der Waals surface area contributed by atoms with Gasteiger partial charge < -0.3 is 21.9 Å². The molecule has 0 aromatic carbocycles. The second-order valence-electron chi connectivity index (χ2n) is 2.15. The predicted octanol–water partition coefficient (Wildman–Crippen LogP) is -1.15. The van der Waals surface area contributed by atoms with Crippen molar-refractivity contribution in [3.8, 4) is 0 Å². The number of carbonyl (C=O) groups is 2. The molecule has 0 saturated heterocycles. The van der Waals surface area contributed by atoms with E-state index in [1.165, 1.54) is 0 Å². The number of aliphatic carboxylic acids is 1. The van der Waals surface area contributed by atoms with Gasteiger partial charge >= 0.3 is 12.0 Å². The normalized spacial score (nSPS) is 15.8. The molecule has 0 aromatic rings. The van der Waals surface area contributed by atoms with Crippen LogP contribution in [0.15, 0.2) is 0 Å². The van der Waals surface area contributed by atoms with Crippen LogP contribution in [0.2, 0.25) is 0 Å². The van der Waals surface area contributed by atoms with Crippen LogP contribution in [0.3, 0.4) is 0 Å². The molecule has 0 bridgehead atoms. The van der Waals surface area contributed by atoms with Crippen LogP contribution in [0.5, 0.6) is 0 Å². The first-order valence-corrected chi connectivity index (χ1v) is 3.30. The maximum atomic E-state index is 10.3. The average Bonchev–Trinajstić information content (AvgIpc) is 1.97. The van der Waals surface area contributed by atoms with E-state index in [1.54, 1.807) is 0 Å². The summed E-state index contributed by atoms with van der Waals surface area (Å²) in [4.78, 5) is 20.6. The summed E-state index contributed by atoms with van der Waals surface area (Å²) in [5, 5.41) is 10.2. The monoisotopic (exact) mass is 177 g/mol. The lowest BCUT2D eigenvalue weighted by Crippen LogP contribution is -2.33. The number of rotatable bonds is 5. The van der Waals surface area contributed by atoms with Gasteiger partial charge in [-0.2, -0.15) is 0 Å². The fourth-order valence-corrected chi connectivity index (χ4v) is 0.501. The second kappa shape index (κ2) is 5.36. The summed E-state index contributed by atoms with van der Waals surface area (Å²) in [5.41, 5.74) is 9.85. The Balaban J connectivity index is 3.98. The van der Waals surface area contributed by atoms with Crippen molar-refractivity contribution in [3.05, 3.63) is 0 Å². The van der Waals surface area contributed by atoms with Crippen molar-refractivity contribution in [2.75, 3.05) is 6.50 Å². The van der Waals surface area contributed by atoms with Crippen LogP contribution in [0.25, 0.3) is 0 Å². The molecule has 0 aliphatic heterocycles. The highest BCUT2D eigenvalue weighted by atomic mass is 16.4. The van der Waals surface area contributed by atoms with Gasteiger partial charge in [-0.1, -0.05) is 0 Å². The summed E-state index contributed by atoms with van der Waals surface area (Å²) in [5.74, 6) is -1.21. The Morgan fingerprint density at radius 3 is 2.67 bits per heavy atom. The van der Waals surface area contributed by atoms with Crippen molar-refractivity contribution < 1.29 is 17.4 Å². The van der Waals surface area contributed by atoms with Gasteiger partial charge in [0.1, 0.15) is 6.04 Å². The summed E-state index contributed by atoms with van der Waals surface area (Å²) in [6.07, 6.45) is -0.286. The van der Waals surface area contributed by atoms with Crippen LogP contribution in [0.4, 0.5) is 4.79 Å². The molecule has 0 rings (SSSR count). The van der Waals surface area contributed by atoms with Gasteiger partial charge in [0, 0.05) is 9.24 Å². The Labute approximate surface area is 72.7 Å². The van der Waals surface area contributed by atoms with E-state index < -0.39 is 24.5 Å². The number of hydrogen-bond acceptors (Lipinski definition) is 3. The highest BCUT2D eigenvalue weighted by molar-refractivity contribution is 5.73. The predicted molar refractivity (Wildman–Crippen MR) is 42.4 cm³/mol. The molecule has 0 fully saturated rings. The minimum absolute atomic E-state index is 0.0807. The first-order valence-electron chi connectivity index (χ1n) is 4.30. The highest BCUT2D eigenvalue weighted by Gasteiger charge is 2.09. The first-order chi connectivity index (χ1) is 6.24. The number of nitrogens with one attached hydrogen (secondary N) is 1. The largest absolute Gasteiger partial charge is 0.480 e. The minimum atomic E-state index is -2.03. The summed E-state index contributed by atoms with van der Waals surface area (Å²) in [6.45, 7) is -2.03. The Morgan fingerprint density at radius 2 is 2.25 bits per heavy atom. The Kier molecular flexibility index (Phi) is 3.29. The molecule has 12 heavy (non-hydrogen) atoms. The fourth-order valence-electron chi connectivity index (χ4n) is 0.501. The van der Waals surface area contributed by atoms with Crippen molar-refractivity contribution in [1.29, 1.82) is 0 Å². The molecule has 6 nitrogen and oxygen atoms in total. The molecule has 70 valence electrons. The zero-order valence-corrected chi connectivity index (χ0v) is 6.41. The van der Waals surface area contributed by atoms with Gasteiger partial charge in [-0.15, -0.1) is 0 Å². The summed E-state index contributed by atoms with van der Waals surface area (Å²) >= 11 is 0. The van der Waals surface area contributed by atoms with Gasteiger partial charge in [0.15, 0.2) is 0 Å². The molecular formula is C6H13N3O3. The van der Waals surface area contributed by atoms with E-state index in [0.29, 0.717) is 0 Å². The zero-order chi connectivity index (χ0) is 11.4. The number of amides is 2. The molecule has 0 aliphatic carbocycles. The topological polar surface area (TPSA) is 118 Å². The summed E-state index contributed by atoms with van der Waals surface area (Å²) < 4.78 is 14.4. The Hall–Kier alpha value is -1.30. The van der Waals surface area contributed by atoms with Crippen molar-refractivity contribution in [1.82, 2.24) is 5.32 Å². The average molecular weight is 177 g/mol. The van der Waals surface area contributed by atoms with Crippen LogP contribution in [-0.2, 0) is 4.79 Å². The third kappa shape index (κ3) is 5.48. The van der Waals surface area contributed by atoms with E-state index in [9.17, 15) is 9.59 Å². The van der Waals surface area contributed by atoms with Crippen molar-refractivity contribution in [2.24, 2.45) is 11.5 Å². The van der Waals surface area contributed by atoms with Crippen LogP contribution in [0.1, 0.15) is 15.6 Å². The molecule has 1 atom stereocenters. The van der Waals surface area contributed by atoms with Crippen molar-refractivity contribution in [3.63, 3.8) is 0 Å². The number of carbonyl (C=O) groups excluding carboxylic acids is 1. The lowest BCUT2D eigenvalue weighted by molar-refractivity contribution is -0.138. The number of nitrogens with two attached hydrogens (primary N) is 2. The summed E-state index contributed by atoms with van der Waals surface area (Å²) in [7, 11) is 0. The van der Waals surface area contributed by atoms with E-state index in [2.05, 4.69) is 0 Å². The fraction of sp³-hybridized carbons (Fsp3) is 0.667. The Bertz CT molecular complexity index is 234. The second-order valence-corrected chi connectivity index (χ2v) is 2.15. The van der Waals surface area contributed by atoms with E-state index in [1.807, 2.05) is 5.32 Å². The van der Waals surface area contributed by atoms with Gasteiger partial charge in [-0.05, 0) is 12.8 Å². The van der Waals surface area contributed by atoms with Crippen molar-refractivity contribution >= 4 is 12.0 Å². The number of hydrogen-bond donors (Lipinski definition) is 4. The zero-order valence-electron chi connectivity index (χ0n) is 8.41. The van der Waals surface area contributed by atoms with Crippen LogP contribution in [0, 0.1) is 0 Å². The van der Waals surface area contributed by atoms with Crippen LogP contribution < -0.4 is 16.8 Å². The lowest BCUT2D eigenvalue weighted by Gasteiger charge is -2.05. The molecule has 0 aliphatic rings. The van der Waals surface area contributed by atoms with Gasteiger partial charge in [0.05, 0.1) is 0 Å². The smallest absolute Gasteiger partial charge is 0.320 e. The number of carboxylic acid groups (broad SMARTS) is 1. The minimum Gasteiger partial charge on any atom is -0.480 e. The number of urea groups is 1. The third-order valence-corrected chi connectivity index (χ3v) is 1.11. The summed E-state index contributed by atoms with van der Waals surface area (Å²) in [6, 6.07) is -2.14. The quantitative estimate of drug-likeness (QED) is 0.423. The Morgan fingerprint density at radius 1 is 1.67 bits per heavy atom. The molecular weight excluding hydrogens is 162 g/mol. The SMILES string of the molecule is [2H]C([2H])(CCC(N)C(=O)O)NC(N)=O. The first kappa shape index (κ1) is 7.35. The standard InChI is InChI=1S/C6H13N3O3/c7-4(5(10)11)2-1-3-9-6(8)12/h4H,1-3,7H2,(H,10,11)(H3,8,9,12)/i3D2. The lowest BCUT2D eigenvalue weighted by atomic mass is 10.2.